The number of nitro groups is 1. The van der Waals surface area contributed by atoms with Crippen molar-refractivity contribution in [2.45, 2.75) is 19.8 Å². The van der Waals surface area contributed by atoms with Gasteiger partial charge in [-0.1, -0.05) is 24.3 Å². The Morgan fingerprint density at radius 3 is 2.08 bits per heavy atom. The van der Waals surface area contributed by atoms with Crippen LogP contribution in [0, 0.1) is 10.1 Å². The average Bonchev–Trinajstić information content (AvgIpc) is 2.88. The number of carbonyl (C=O) groups is 3. The Bertz CT molecular complexity index is 1340. The van der Waals surface area contributed by atoms with Crippen LogP contribution in [0.2, 0.25) is 0 Å². The number of anilines is 3. The molecule has 0 saturated heterocycles. The number of amides is 3. The van der Waals surface area contributed by atoms with Crippen molar-refractivity contribution >= 4 is 40.5 Å². The van der Waals surface area contributed by atoms with Crippen molar-refractivity contribution < 1.29 is 28.8 Å². The van der Waals surface area contributed by atoms with E-state index in [1.807, 2.05) is 0 Å². The molecule has 3 N–H and O–H groups in total. The summed E-state index contributed by atoms with van der Waals surface area (Å²) in [5, 5.41) is 18.9. The van der Waals surface area contributed by atoms with Crippen LogP contribution >= 0.6 is 0 Å². The van der Waals surface area contributed by atoms with E-state index in [-0.39, 0.29) is 28.6 Å². The Hall–Kier alpha value is -4.93. The maximum Gasteiger partial charge on any atom is 0.323 e. The minimum atomic E-state index is -0.655. The lowest BCUT2D eigenvalue weighted by Gasteiger charge is -2.17. The largest absolute Gasteiger partial charge is 0.493 e. The van der Waals surface area contributed by atoms with Gasteiger partial charge in [0, 0.05) is 23.4 Å². The van der Waals surface area contributed by atoms with Crippen LogP contribution in [-0.2, 0) is 4.79 Å². The van der Waals surface area contributed by atoms with Gasteiger partial charge in [-0.05, 0) is 43.7 Å². The first kappa shape index (κ1) is 26.7. The third-order valence-electron chi connectivity index (χ3n) is 5.57. The number of Topliss-reactive ketones (excluding diaryl/α,β-unsaturated/α-hetero) is 1. The van der Waals surface area contributed by atoms with Gasteiger partial charge in [0.25, 0.3) is 5.69 Å². The molecule has 3 amide bonds. The quantitative estimate of drug-likeness (QED) is 0.205. The van der Waals surface area contributed by atoms with Crippen molar-refractivity contribution in [2.24, 2.45) is 0 Å². The zero-order valence-electron chi connectivity index (χ0n) is 20.7. The van der Waals surface area contributed by atoms with Crippen molar-refractivity contribution in [1.82, 2.24) is 0 Å². The van der Waals surface area contributed by atoms with E-state index in [1.165, 1.54) is 51.5 Å². The zero-order chi connectivity index (χ0) is 27.1. The summed E-state index contributed by atoms with van der Waals surface area (Å²) in [4.78, 5) is 47.9. The number of methoxy groups -OCH3 is 2. The molecular weight excluding hydrogens is 480 g/mol. The summed E-state index contributed by atoms with van der Waals surface area (Å²) >= 11 is 0. The molecule has 0 spiro atoms. The number of nitro benzene ring substituents is 1. The number of hydrogen-bond donors (Lipinski definition) is 3. The third-order valence-corrected chi connectivity index (χ3v) is 5.57. The fourth-order valence-corrected chi connectivity index (χ4v) is 3.54. The van der Waals surface area contributed by atoms with Gasteiger partial charge in [-0.15, -0.1) is 0 Å². The van der Waals surface area contributed by atoms with Crippen LogP contribution < -0.4 is 25.4 Å². The van der Waals surface area contributed by atoms with Gasteiger partial charge in [-0.2, -0.15) is 0 Å². The minimum Gasteiger partial charge on any atom is -0.493 e. The fourth-order valence-electron chi connectivity index (χ4n) is 3.54. The zero-order valence-corrected chi connectivity index (χ0v) is 20.7. The van der Waals surface area contributed by atoms with Crippen molar-refractivity contribution in [3.05, 3.63) is 81.9 Å². The van der Waals surface area contributed by atoms with Crippen LogP contribution in [0.15, 0.2) is 60.7 Å². The molecule has 0 aromatic heterocycles. The normalized spacial score (nSPS) is 11.1. The minimum absolute atomic E-state index is 0.0620. The average molecular weight is 507 g/mol. The molecule has 0 aliphatic rings. The van der Waals surface area contributed by atoms with E-state index in [9.17, 15) is 24.5 Å². The summed E-state index contributed by atoms with van der Waals surface area (Å²) in [7, 11) is 2.91. The van der Waals surface area contributed by atoms with Crippen LogP contribution in [0.1, 0.15) is 35.7 Å². The van der Waals surface area contributed by atoms with E-state index >= 15 is 0 Å². The van der Waals surface area contributed by atoms with Crippen molar-refractivity contribution in [3.63, 3.8) is 0 Å². The second kappa shape index (κ2) is 11.7. The molecule has 11 heteroatoms. The molecule has 1 atom stereocenters. The highest BCUT2D eigenvalue weighted by molar-refractivity contribution is 6.06. The molecule has 3 rings (SSSR count). The number of nitrogens with zero attached hydrogens (tertiary/aromatic N) is 1. The highest BCUT2D eigenvalue weighted by Crippen LogP contribution is 2.34. The smallest absolute Gasteiger partial charge is 0.323 e. The molecule has 0 fully saturated rings. The summed E-state index contributed by atoms with van der Waals surface area (Å²) in [5.41, 5.74) is 1.50. The Morgan fingerprint density at radius 1 is 0.865 bits per heavy atom. The number of nitrogens with one attached hydrogen (secondary N) is 3. The van der Waals surface area contributed by atoms with E-state index in [0.717, 1.165) is 0 Å². The van der Waals surface area contributed by atoms with E-state index in [4.69, 9.17) is 9.47 Å². The highest BCUT2D eigenvalue weighted by atomic mass is 16.6. The third kappa shape index (κ3) is 6.40. The molecule has 3 aromatic rings. The van der Waals surface area contributed by atoms with Gasteiger partial charge < -0.3 is 25.4 Å². The topological polar surface area (TPSA) is 149 Å². The predicted molar refractivity (Wildman–Crippen MR) is 139 cm³/mol. The first-order valence-electron chi connectivity index (χ1n) is 11.1. The molecule has 0 aliphatic heterocycles. The summed E-state index contributed by atoms with van der Waals surface area (Å²) in [6.07, 6.45) is 0. The molecule has 37 heavy (non-hydrogen) atoms. The molecule has 0 radical (unpaired) electrons. The van der Waals surface area contributed by atoms with Gasteiger partial charge in [-0.3, -0.25) is 19.7 Å². The Kier molecular flexibility index (Phi) is 8.41. The number of carbonyl (C=O) groups excluding carboxylic acids is 3. The van der Waals surface area contributed by atoms with Crippen molar-refractivity contribution in [1.29, 1.82) is 0 Å². The Balaban J connectivity index is 1.70. The Morgan fingerprint density at radius 2 is 1.49 bits per heavy atom. The number of urea groups is 1. The maximum absolute atomic E-state index is 13.0. The maximum atomic E-state index is 13.0. The van der Waals surface area contributed by atoms with Gasteiger partial charge >= 0.3 is 6.03 Å². The number of ketones is 1. The predicted octanol–water partition coefficient (Wildman–Crippen LogP) is 5.20. The number of hydrogen-bond acceptors (Lipinski definition) is 7. The number of benzene rings is 3. The number of rotatable bonds is 9. The lowest BCUT2D eigenvalue weighted by Crippen LogP contribution is -2.21. The number of ether oxygens (including phenoxy) is 2. The van der Waals surface area contributed by atoms with E-state index < -0.39 is 16.9 Å². The molecule has 3 aromatic carbocycles. The first-order chi connectivity index (χ1) is 17.6. The lowest BCUT2D eigenvalue weighted by molar-refractivity contribution is -0.383. The molecule has 0 saturated carbocycles. The van der Waals surface area contributed by atoms with E-state index in [1.54, 1.807) is 37.3 Å². The standard InChI is InChI=1S/C26H26N4O7/c1-15(25(32)28-21-14-24(37-4)23(36-3)13-19(21)16(2)31)17-9-11-18(12-10-17)27-26(33)29-20-7-5-6-8-22(20)30(34)35/h5-15H,1-4H3,(H,28,32)(H2,27,29,33). The SMILES string of the molecule is COc1cc(NC(=O)C(C)c2ccc(NC(=O)Nc3ccccc3[N+](=O)[O-])cc2)c(C(C)=O)cc1OC. The monoisotopic (exact) mass is 506 g/mol. The van der Waals surface area contributed by atoms with Crippen molar-refractivity contribution in [2.75, 3.05) is 30.2 Å². The molecule has 0 heterocycles. The van der Waals surface area contributed by atoms with Crippen LogP contribution in [0.5, 0.6) is 11.5 Å². The van der Waals surface area contributed by atoms with Gasteiger partial charge in [0.05, 0.1) is 30.7 Å². The molecule has 192 valence electrons. The van der Waals surface area contributed by atoms with Gasteiger partial charge in [0.1, 0.15) is 5.69 Å². The van der Waals surface area contributed by atoms with Crippen LogP contribution in [0.25, 0.3) is 0 Å². The molecular formula is C26H26N4O7. The van der Waals surface area contributed by atoms with Gasteiger partial charge in [0.2, 0.25) is 5.91 Å². The fraction of sp³-hybridized carbons (Fsp3) is 0.192. The van der Waals surface area contributed by atoms with E-state index in [0.29, 0.717) is 28.4 Å². The summed E-state index contributed by atoms with van der Waals surface area (Å²) < 4.78 is 10.5. The van der Waals surface area contributed by atoms with Crippen LogP contribution in [-0.4, -0.2) is 36.9 Å². The first-order valence-corrected chi connectivity index (χ1v) is 11.1. The molecule has 0 bridgehead atoms. The summed E-state index contributed by atoms with van der Waals surface area (Å²) in [5.74, 6) is -0.469. The molecule has 0 aliphatic carbocycles. The van der Waals surface area contributed by atoms with Crippen LogP contribution in [0.4, 0.5) is 27.5 Å². The van der Waals surface area contributed by atoms with Crippen LogP contribution in [0.3, 0.4) is 0 Å². The van der Waals surface area contributed by atoms with Gasteiger partial charge in [-0.25, -0.2) is 4.79 Å². The Labute approximate surface area is 212 Å². The summed E-state index contributed by atoms with van der Waals surface area (Å²) in [6, 6.07) is 14.7. The second-order valence-corrected chi connectivity index (χ2v) is 8.00. The van der Waals surface area contributed by atoms with Gasteiger partial charge in [0.15, 0.2) is 17.3 Å². The summed E-state index contributed by atoms with van der Waals surface area (Å²) in [6.45, 7) is 3.09. The molecule has 1 unspecified atom stereocenters. The number of para-hydroxylation sites is 2. The van der Waals surface area contributed by atoms with Crippen molar-refractivity contribution in [3.8, 4) is 11.5 Å². The van der Waals surface area contributed by atoms with E-state index in [2.05, 4.69) is 16.0 Å². The highest BCUT2D eigenvalue weighted by Gasteiger charge is 2.21. The second-order valence-electron chi connectivity index (χ2n) is 8.00. The lowest BCUT2D eigenvalue weighted by atomic mass is 9.99. The molecule has 11 nitrogen and oxygen atoms in total.